The van der Waals surface area contributed by atoms with Gasteiger partial charge in [-0.25, -0.2) is 19.4 Å². The first-order valence-corrected chi connectivity index (χ1v) is 17.7. The minimum atomic E-state index is -0.367. The molecule has 6 rings (SSSR count). The Morgan fingerprint density at radius 1 is 0.938 bits per heavy atom. The number of aromatic nitrogens is 4. The second-order valence-electron chi connectivity index (χ2n) is 14.0. The van der Waals surface area contributed by atoms with Crippen LogP contribution in [0.2, 0.25) is 0 Å². The van der Waals surface area contributed by atoms with E-state index in [2.05, 4.69) is 67.5 Å². The molecule has 3 N–H and O–H groups in total. The average molecular weight is 714 g/mol. The number of hydrogen-bond donors (Lipinski definition) is 3. The summed E-state index contributed by atoms with van der Waals surface area (Å²) in [7, 11) is 0. The zero-order chi connectivity index (χ0) is 33.8. The highest BCUT2D eigenvalue weighted by Crippen LogP contribution is 2.37. The lowest BCUT2D eigenvalue weighted by Crippen LogP contribution is -2.41. The van der Waals surface area contributed by atoms with Crippen LogP contribution in [0.25, 0.3) is 5.69 Å². The van der Waals surface area contributed by atoms with Gasteiger partial charge in [-0.1, -0.05) is 50.6 Å². The molecule has 11 heteroatoms. The lowest BCUT2D eigenvalue weighted by Gasteiger charge is -2.36. The van der Waals surface area contributed by atoms with Crippen molar-refractivity contribution in [1.82, 2.24) is 25.1 Å². The first-order valence-electron chi connectivity index (χ1n) is 16.9. The number of ketones is 1. The molecule has 0 saturated carbocycles. The number of rotatable bonds is 8. The summed E-state index contributed by atoms with van der Waals surface area (Å²) in [5, 5.41) is 14.4. The van der Waals surface area contributed by atoms with Crippen molar-refractivity contribution in [2.24, 2.45) is 11.8 Å². The number of carbonyl (C=O) groups is 2. The van der Waals surface area contributed by atoms with Crippen LogP contribution in [0.1, 0.15) is 69.2 Å². The molecule has 2 saturated heterocycles. The van der Waals surface area contributed by atoms with Crippen molar-refractivity contribution in [3.05, 3.63) is 88.3 Å². The van der Waals surface area contributed by atoms with Crippen LogP contribution in [0, 0.1) is 18.8 Å². The van der Waals surface area contributed by atoms with Gasteiger partial charge in [0, 0.05) is 54.5 Å². The van der Waals surface area contributed by atoms with E-state index in [9.17, 15) is 9.59 Å². The Kier molecular flexibility index (Phi) is 10.3. The van der Waals surface area contributed by atoms with Crippen molar-refractivity contribution < 1.29 is 9.59 Å². The fourth-order valence-electron chi connectivity index (χ4n) is 6.74. The molecule has 48 heavy (non-hydrogen) atoms. The van der Waals surface area contributed by atoms with E-state index in [-0.39, 0.29) is 29.2 Å². The summed E-state index contributed by atoms with van der Waals surface area (Å²) in [6.07, 6.45) is 6.94. The Morgan fingerprint density at radius 2 is 1.62 bits per heavy atom. The Hall–Kier alpha value is -4.09. The van der Waals surface area contributed by atoms with Gasteiger partial charge in [0.2, 0.25) is 5.95 Å². The van der Waals surface area contributed by atoms with Gasteiger partial charge in [-0.05, 0) is 97.4 Å². The van der Waals surface area contributed by atoms with Crippen molar-refractivity contribution >= 4 is 45.2 Å². The predicted molar refractivity (Wildman–Crippen MR) is 194 cm³/mol. The number of hydrogen-bond acceptors (Lipinski definition) is 7. The van der Waals surface area contributed by atoms with Gasteiger partial charge in [-0.3, -0.25) is 10.1 Å². The van der Waals surface area contributed by atoms with Crippen molar-refractivity contribution in [1.29, 1.82) is 0 Å². The van der Waals surface area contributed by atoms with E-state index in [1.807, 2.05) is 61.5 Å². The van der Waals surface area contributed by atoms with E-state index in [4.69, 9.17) is 5.10 Å². The number of halogens is 1. The van der Waals surface area contributed by atoms with Crippen molar-refractivity contribution in [2.45, 2.75) is 64.7 Å². The number of aryl methyl sites for hydroxylation is 1. The number of nitrogens with zero attached hydrogens (tertiary/aromatic N) is 5. The molecule has 0 aliphatic carbocycles. The van der Waals surface area contributed by atoms with Crippen molar-refractivity contribution in [3.63, 3.8) is 0 Å². The number of benzene rings is 2. The summed E-state index contributed by atoms with van der Waals surface area (Å²) < 4.78 is 2.62. The number of amides is 2. The first-order chi connectivity index (χ1) is 23.0. The van der Waals surface area contributed by atoms with Crippen molar-refractivity contribution in [3.8, 4) is 5.69 Å². The molecule has 1 atom stereocenters. The van der Waals surface area contributed by atoms with Crippen molar-refractivity contribution in [2.75, 3.05) is 41.7 Å². The van der Waals surface area contributed by atoms with Crippen LogP contribution in [0.4, 0.5) is 22.2 Å². The molecular formula is C37H45BrN8O2. The maximum Gasteiger partial charge on any atom is 0.324 e. The zero-order valence-electron chi connectivity index (χ0n) is 28.2. The maximum absolute atomic E-state index is 14.4. The molecule has 1 unspecified atom stereocenters. The average Bonchev–Trinajstić information content (AvgIpc) is 3.50. The van der Waals surface area contributed by atoms with Gasteiger partial charge in [-0.15, -0.1) is 0 Å². The summed E-state index contributed by atoms with van der Waals surface area (Å²) in [4.78, 5) is 38.9. The van der Waals surface area contributed by atoms with E-state index in [1.165, 1.54) is 0 Å². The molecule has 2 fully saturated rings. The molecule has 2 aliphatic heterocycles. The third-order valence-corrected chi connectivity index (χ3v) is 9.86. The largest absolute Gasteiger partial charge is 0.341 e. The van der Waals surface area contributed by atoms with E-state index in [0.29, 0.717) is 23.2 Å². The molecule has 4 heterocycles. The van der Waals surface area contributed by atoms with Crippen LogP contribution < -0.4 is 20.9 Å². The number of nitrogens with one attached hydrogen (secondary N) is 3. The van der Waals surface area contributed by atoms with E-state index in [1.54, 1.807) is 17.1 Å². The van der Waals surface area contributed by atoms with Gasteiger partial charge in [0.1, 0.15) is 11.6 Å². The smallest absolute Gasteiger partial charge is 0.324 e. The van der Waals surface area contributed by atoms with Gasteiger partial charge in [0.05, 0.1) is 15.9 Å². The molecule has 2 aliphatic rings. The third-order valence-electron chi connectivity index (χ3n) is 9.45. The molecule has 10 nitrogen and oxygen atoms in total. The first kappa shape index (κ1) is 33.8. The number of carbonyl (C=O) groups excluding carboxylic acids is 2. The Bertz CT molecular complexity index is 1720. The fourth-order valence-corrected chi connectivity index (χ4v) is 6.95. The highest BCUT2D eigenvalue weighted by molar-refractivity contribution is 9.10. The molecule has 252 valence electrons. The van der Waals surface area contributed by atoms with Gasteiger partial charge in [-0.2, -0.15) is 5.10 Å². The Labute approximate surface area is 291 Å². The number of urea groups is 1. The summed E-state index contributed by atoms with van der Waals surface area (Å²) in [6, 6.07) is 17.5. The van der Waals surface area contributed by atoms with Gasteiger partial charge in [0.25, 0.3) is 0 Å². The van der Waals surface area contributed by atoms with E-state index in [0.717, 1.165) is 78.8 Å². The standard InChI is InChI=1S/C37H45BrN8O2/c1-24-8-10-30(11-9-24)46-32(21-31(44-46)37(2,3)4)43-36(48)42-29-7-5-6-27(20-29)33(25-12-16-39-17-13-25)34(47)26-14-18-45(19-15-26)35-40-22-28(38)23-41-35/h5-11,20-23,25-26,33,39H,12-19H2,1-4H3,(H2,42,43,48). The number of anilines is 3. The lowest BCUT2D eigenvalue weighted by atomic mass is 9.73. The normalized spacial score (nSPS) is 16.8. The monoisotopic (exact) mass is 712 g/mol. The van der Waals surface area contributed by atoms with E-state index < -0.39 is 0 Å². The molecule has 0 spiro atoms. The highest BCUT2D eigenvalue weighted by Gasteiger charge is 2.37. The van der Waals surface area contributed by atoms with Gasteiger partial charge >= 0.3 is 6.03 Å². The van der Waals surface area contributed by atoms with Crippen LogP contribution in [0.5, 0.6) is 0 Å². The quantitative estimate of drug-likeness (QED) is 0.176. The minimum absolute atomic E-state index is 0.0319. The van der Waals surface area contributed by atoms with E-state index >= 15 is 0 Å². The summed E-state index contributed by atoms with van der Waals surface area (Å²) >= 11 is 3.40. The molecule has 2 amide bonds. The number of piperidine rings is 2. The van der Waals surface area contributed by atoms with Crippen LogP contribution in [0.15, 0.2) is 71.5 Å². The van der Waals surface area contributed by atoms with Crippen LogP contribution in [0.3, 0.4) is 0 Å². The number of Topliss-reactive ketones (excluding diaryl/α,β-unsaturated/α-hetero) is 1. The Morgan fingerprint density at radius 3 is 2.29 bits per heavy atom. The molecular weight excluding hydrogens is 668 g/mol. The van der Waals surface area contributed by atoms with Gasteiger partial charge < -0.3 is 15.5 Å². The Balaban J connectivity index is 1.19. The summed E-state index contributed by atoms with van der Waals surface area (Å²) in [5.74, 6) is 1.57. The SMILES string of the molecule is Cc1ccc(-n2nc(C(C)(C)C)cc2NC(=O)Nc2cccc(C(C(=O)C3CCN(c4ncc(Br)cn4)CC3)C3CCNCC3)c2)cc1. The summed E-state index contributed by atoms with van der Waals surface area (Å²) in [5.41, 5.74) is 4.30. The maximum atomic E-state index is 14.4. The minimum Gasteiger partial charge on any atom is -0.341 e. The predicted octanol–water partition coefficient (Wildman–Crippen LogP) is 7.24. The van der Waals surface area contributed by atoms with Crippen LogP contribution >= 0.6 is 15.9 Å². The van der Waals surface area contributed by atoms with Gasteiger partial charge in [0.15, 0.2) is 0 Å². The lowest BCUT2D eigenvalue weighted by molar-refractivity contribution is -0.126. The molecule has 2 aromatic heterocycles. The van der Waals surface area contributed by atoms with Crippen LogP contribution in [-0.2, 0) is 10.2 Å². The fraction of sp³-hybridized carbons (Fsp3) is 0.432. The topological polar surface area (TPSA) is 117 Å². The molecule has 4 aromatic rings. The van der Waals surface area contributed by atoms with Crippen LogP contribution in [-0.4, -0.2) is 57.7 Å². The molecule has 0 radical (unpaired) electrons. The second-order valence-corrected chi connectivity index (χ2v) is 15.0. The molecule has 0 bridgehead atoms. The molecule has 2 aromatic carbocycles. The zero-order valence-corrected chi connectivity index (χ0v) is 29.8. The second kappa shape index (κ2) is 14.6. The third kappa shape index (κ3) is 7.95. The summed E-state index contributed by atoms with van der Waals surface area (Å²) in [6.45, 7) is 11.6. The highest BCUT2D eigenvalue weighted by atomic mass is 79.9.